The molecule has 1 aromatic carbocycles. The fraction of sp³-hybridized carbons (Fsp3) is 0.462. The lowest BCUT2D eigenvalue weighted by atomic mass is 9.99. The van der Waals surface area contributed by atoms with E-state index in [1.807, 2.05) is 0 Å². The smallest absolute Gasteiger partial charge is 0.416 e. The molecule has 128 valence electrons. The second kappa shape index (κ2) is 6.00. The summed E-state index contributed by atoms with van der Waals surface area (Å²) < 4.78 is 63.9. The van der Waals surface area contributed by atoms with Crippen molar-refractivity contribution in [1.29, 1.82) is 0 Å². The predicted octanol–water partition coefficient (Wildman–Crippen LogP) is 1.90. The van der Waals surface area contributed by atoms with Gasteiger partial charge in [0.1, 0.15) is 10.6 Å². The number of carboxylic acid groups (broad SMARTS) is 1. The van der Waals surface area contributed by atoms with Crippen molar-refractivity contribution in [2.75, 3.05) is 13.1 Å². The third-order valence-corrected chi connectivity index (χ3v) is 5.64. The van der Waals surface area contributed by atoms with Crippen molar-refractivity contribution in [2.24, 2.45) is 5.92 Å². The van der Waals surface area contributed by atoms with Crippen LogP contribution in [0, 0.1) is 5.92 Å². The van der Waals surface area contributed by atoms with Crippen molar-refractivity contribution < 1.29 is 36.6 Å². The molecule has 1 aromatic rings. The van der Waals surface area contributed by atoms with Gasteiger partial charge in [0.15, 0.2) is 0 Å². The van der Waals surface area contributed by atoms with Crippen LogP contribution in [-0.4, -0.2) is 42.0 Å². The maximum atomic E-state index is 12.7. The number of aromatic hydroxyl groups is 1. The molecule has 0 radical (unpaired) electrons. The number of benzene rings is 1. The van der Waals surface area contributed by atoms with Crippen LogP contribution in [0.1, 0.15) is 18.4 Å². The largest absolute Gasteiger partial charge is 0.507 e. The lowest BCUT2D eigenvalue weighted by Gasteiger charge is -2.29. The molecule has 0 aliphatic carbocycles. The Morgan fingerprint density at radius 2 is 1.78 bits per heavy atom. The molecule has 0 amide bonds. The zero-order chi connectivity index (χ0) is 17.4. The quantitative estimate of drug-likeness (QED) is 0.865. The molecule has 10 heteroatoms. The molecule has 0 spiro atoms. The van der Waals surface area contributed by atoms with E-state index in [1.165, 1.54) is 0 Å². The molecule has 1 fully saturated rings. The van der Waals surface area contributed by atoms with Gasteiger partial charge in [-0.15, -0.1) is 0 Å². The minimum absolute atomic E-state index is 0.0638. The maximum Gasteiger partial charge on any atom is 0.416 e. The number of halogens is 3. The number of nitrogens with zero attached hydrogens (tertiary/aromatic N) is 1. The first-order valence-electron chi connectivity index (χ1n) is 6.66. The van der Waals surface area contributed by atoms with Gasteiger partial charge in [0.05, 0.1) is 11.5 Å². The highest BCUT2D eigenvalue weighted by Crippen LogP contribution is 2.35. The number of sulfonamides is 1. The molecule has 0 bridgehead atoms. The summed E-state index contributed by atoms with van der Waals surface area (Å²) in [6, 6.07) is 1.65. The van der Waals surface area contributed by atoms with E-state index in [4.69, 9.17) is 5.11 Å². The van der Waals surface area contributed by atoms with Crippen LogP contribution < -0.4 is 0 Å². The van der Waals surface area contributed by atoms with Crippen LogP contribution >= 0.6 is 0 Å². The van der Waals surface area contributed by atoms with E-state index in [0.29, 0.717) is 18.2 Å². The van der Waals surface area contributed by atoms with Gasteiger partial charge in [-0.1, -0.05) is 0 Å². The number of phenols is 1. The minimum atomic E-state index is -4.74. The third-order valence-electron chi connectivity index (χ3n) is 3.71. The molecular formula is C13H14F3NO5S. The van der Waals surface area contributed by atoms with Gasteiger partial charge < -0.3 is 10.2 Å². The zero-order valence-electron chi connectivity index (χ0n) is 11.7. The number of rotatable bonds is 3. The Labute approximate surface area is 130 Å². The van der Waals surface area contributed by atoms with Gasteiger partial charge in [0, 0.05) is 13.1 Å². The first-order chi connectivity index (χ1) is 10.5. The highest BCUT2D eigenvalue weighted by Gasteiger charge is 2.36. The van der Waals surface area contributed by atoms with Crippen LogP contribution in [0.25, 0.3) is 0 Å². The lowest BCUT2D eigenvalue weighted by Crippen LogP contribution is -2.40. The van der Waals surface area contributed by atoms with Crippen LogP contribution in [0.3, 0.4) is 0 Å². The highest BCUT2D eigenvalue weighted by atomic mass is 32.2. The average Bonchev–Trinajstić information content (AvgIpc) is 2.46. The highest BCUT2D eigenvalue weighted by molar-refractivity contribution is 7.89. The molecule has 1 saturated heterocycles. The van der Waals surface area contributed by atoms with Crippen LogP contribution in [0.2, 0.25) is 0 Å². The summed E-state index contributed by atoms with van der Waals surface area (Å²) in [7, 11) is -4.33. The van der Waals surface area contributed by atoms with E-state index < -0.39 is 44.3 Å². The molecule has 6 nitrogen and oxygen atoms in total. The van der Waals surface area contributed by atoms with E-state index >= 15 is 0 Å². The Bertz CT molecular complexity index is 709. The number of aliphatic carboxylic acids is 1. The fourth-order valence-electron chi connectivity index (χ4n) is 2.38. The molecule has 1 aliphatic rings. The van der Waals surface area contributed by atoms with Crippen molar-refractivity contribution >= 4 is 16.0 Å². The number of carboxylic acids is 1. The van der Waals surface area contributed by atoms with Crippen molar-refractivity contribution in [1.82, 2.24) is 4.31 Å². The number of hydrogen-bond donors (Lipinski definition) is 2. The Hall–Kier alpha value is -1.81. The fourth-order valence-corrected chi connectivity index (χ4v) is 3.96. The number of carbonyl (C=O) groups is 1. The Kier molecular flexibility index (Phi) is 4.58. The third kappa shape index (κ3) is 3.58. The van der Waals surface area contributed by atoms with Gasteiger partial charge in [-0.3, -0.25) is 4.79 Å². The van der Waals surface area contributed by atoms with E-state index in [9.17, 15) is 31.5 Å². The van der Waals surface area contributed by atoms with Crippen molar-refractivity contribution in [2.45, 2.75) is 23.9 Å². The molecule has 0 atom stereocenters. The maximum absolute atomic E-state index is 12.7. The SMILES string of the molecule is O=C(O)C1CCN(S(=O)(=O)c2cc(C(F)(F)F)ccc2O)CC1. The summed E-state index contributed by atoms with van der Waals surface area (Å²) in [6.07, 6.45) is -4.61. The second-order valence-corrected chi connectivity index (χ2v) is 7.10. The molecule has 0 aromatic heterocycles. The zero-order valence-corrected chi connectivity index (χ0v) is 12.6. The van der Waals surface area contributed by atoms with E-state index in [2.05, 4.69) is 0 Å². The predicted molar refractivity (Wildman–Crippen MR) is 72.2 cm³/mol. The minimum Gasteiger partial charge on any atom is -0.507 e. The number of hydrogen-bond acceptors (Lipinski definition) is 4. The summed E-state index contributed by atoms with van der Waals surface area (Å²) in [5.41, 5.74) is -1.19. The van der Waals surface area contributed by atoms with Gasteiger partial charge in [-0.2, -0.15) is 17.5 Å². The second-order valence-electron chi connectivity index (χ2n) is 5.20. The van der Waals surface area contributed by atoms with Crippen molar-refractivity contribution in [3.8, 4) is 5.75 Å². The molecule has 2 N–H and O–H groups in total. The summed E-state index contributed by atoms with van der Waals surface area (Å²) in [6.45, 7) is -0.260. The van der Waals surface area contributed by atoms with Crippen LogP contribution in [0.15, 0.2) is 23.1 Å². The first kappa shape index (κ1) is 17.5. The summed E-state index contributed by atoms with van der Waals surface area (Å²) in [5, 5.41) is 18.5. The van der Waals surface area contributed by atoms with E-state index in [-0.39, 0.29) is 25.9 Å². The summed E-state index contributed by atoms with van der Waals surface area (Å²) >= 11 is 0. The Morgan fingerprint density at radius 1 is 1.22 bits per heavy atom. The molecule has 1 heterocycles. The Morgan fingerprint density at radius 3 is 2.26 bits per heavy atom. The van der Waals surface area contributed by atoms with Crippen molar-refractivity contribution in [3.05, 3.63) is 23.8 Å². The van der Waals surface area contributed by atoms with Gasteiger partial charge in [-0.25, -0.2) is 8.42 Å². The first-order valence-corrected chi connectivity index (χ1v) is 8.10. The number of phenolic OH excluding ortho intramolecular Hbond substituents is 1. The molecule has 0 saturated carbocycles. The Balaban J connectivity index is 2.32. The average molecular weight is 353 g/mol. The van der Waals surface area contributed by atoms with E-state index in [1.54, 1.807) is 0 Å². The molecule has 23 heavy (non-hydrogen) atoms. The van der Waals surface area contributed by atoms with Crippen LogP contribution in [-0.2, 0) is 21.0 Å². The molecule has 2 rings (SSSR count). The van der Waals surface area contributed by atoms with Gasteiger partial charge in [-0.05, 0) is 31.0 Å². The van der Waals surface area contributed by atoms with Crippen LogP contribution in [0.4, 0.5) is 13.2 Å². The van der Waals surface area contributed by atoms with E-state index in [0.717, 1.165) is 4.31 Å². The lowest BCUT2D eigenvalue weighted by molar-refractivity contribution is -0.143. The summed E-state index contributed by atoms with van der Waals surface area (Å²) in [4.78, 5) is 10.0. The topological polar surface area (TPSA) is 94.9 Å². The van der Waals surface area contributed by atoms with Crippen molar-refractivity contribution in [3.63, 3.8) is 0 Å². The van der Waals surface area contributed by atoms with Gasteiger partial charge >= 0.3 is 12.1 Å². The number of alkyl halides is 3. The van der Waals surface area contributed by atoms with Gasteiger partial charge in [0.2, 0.25) is 10.0 Å². The number of piperidine rings is 1. The van der Waals surface area contributed by atoms with Crippen LogP contribution in [0.5, 0.6) is 5.75 Å². The molecular weight excluding hydrogens is 339 g/mol. The normalized spacial score (nSPS) is 18.0. The van der Waals surface area contributed by atoms with Gasteiger partial charge in [0.25, 0.3) is 0 Å². The summed E-state index contributed by atoms with van der Waals surface area (Å²) in [5.74, 6) is -2.50. The standard InChI is InChI=1S/C13H14F3NO5S/c14-13(15,16)9-1-2-10(18)11(7-9)23(21,22)17-5-3-8(4-6-17)12(19)20/h1-2,7-8,18H,3-6H2,(H,19,20). The molecule has 1 aliphatic heterocycles. The molecule has 0 unspecified atom stereocenters. The monoisotopic (exact) mass is 353 g/mol.